The van der Waals surface area contributed by atoms with E-state index in [0.29, 0.717) is 24.9 Å². The Bertz CT molecular complexity index is 1100. The van der Waals surface area contributed by atoms with Crippen molar-refractivity contribution in [3.63, 3.8) is 0 Å². The van der Waals surface area contributed by atoms with Gasteiger partial charge in [0.05, 0.1) is 25.0 Å². The summed E-state index contributed by atoms with van der Waals surface area (Å²) in [6, 6.07) is 2.58. The van der Waals surface area contributed by atoms with Crippen LogP contribution in [0.25, 0.3) is 0 Å². The number of aromatic nitrogens is 3. The van der Waals surface area contributed by atoms with Crippen molar-refractivity contribution < 1.29 is 13.5 Å². The van der Waals surface area contributed by atoms with Gasteiger partial charge >= 0.3 is 0 Å². The van der Waals surface area contributed by atoms with Gasteiger partial charge < -0.3 is 19.9 Å². The van der Waals surface area contributed by atoms with Gasteiger partial charge in [0.15, 0.2) is 0 Å². The standard InChI is InChI=1S/C27H39F2N7O/c1-3-4-21-22(35-17-20(18-35)33-11-7-30-8-12-33)15-23(32-24(21)26(28)29)34-9-5-27(6-10-34)25-19(2)16-31-36(25)13-14-37-27/h15-16,20,26,30H,3-14,17-18H2,1-2H3. The fraction of sp³-hybridized carbons (Fsp3) is 0.704. The van der Waals surface area contributed by atoms with E-state index in [4.69, 9.17) is 4.74 Å². The van der Waals surface area contributed by atoms with Gasteiger partial charge in [0.1, 0.15) is 17.1 Å². The highest BCUT2D eigenvalue weighted by atomic mass is 19.3. The Morgan fingerprint density at radius 2 is 1.86 bits per heavy atom. The van der Waals surface area contributed by atoms with E-state index < -0.39 is 6.43 Å². The van der Waals surface area contributed by atoms with Crippen LogP contribution < -0.4 is 15.1 Å². The molecule has 0 radical (unpaired) electrons. The zero-order valence-corrected chi connectivity index (χ0v) is 22.1. The first-order chi connectivity index (χ1) is 18.0. The van der Waals surface area contributed by atoms with Crippen LogP contribution in [0.2, 0.25) is 0 Å². The Labute approximate surface area is 217 Å². The summed E-state index contributed by atoms with van der Waals surface area (Å²) in [5, 5.41) is 7.96. The van der Waals surface area contributed by atoms with Crippen molar-refractivity contribution in [3.05, 3.63) is 34.8 Å². The van der Waals surface area contributed by atoms with Crippen LogP contribution in [0.5, 0.6) is 0 Å². The molecule has 8 nitrogen and oxygen atoms in total. The van der Waals surface area contributed by atoms with Gasteiger partial charge in [0.25, 0.3) is 6.43 Å². The first kappa shape index (κ1) is 25.0. The van der Waals surface area contributed by atoms with Gasteiger partial charge in [0, 0.05) is 75.7 Å². The van der Waals surface area contributed by atoms with Crippen molar-refractivity contribution in [1.29, 1.82) is 0 Å². The van der Waals surface area contributed by atoms with Gasteiger partial charge in [0.2, 0.25) is 0 Å². The molecule has 6 heterocycles. The summed E-state index contributed by atoms with van der Waals surface area (Å²) >= 11 is 0. The molecular weight excluding hydrogens is 476 g/mol. The summed E-state index contributed by atoms with van der Waals surface area (Å²) in [5.41, 5.74) is 3.63. The molecule has 3 saturated heterocycles. The van der Waals surface area contributed by atoms with Gasteiger partial charge in [-0.15, -0.1) is 0 Å². The Morgan fingerprint density at radius 1 is 1.11 bits per heavy atom. The monoisotopic (exact) mass is 515 g/mol. The largest absolute Gasteiger partial charge is 0.368 e. The maximum Gasteiger partial charge on any atom is 0.280 e. The van der Waals surface area contributed by atoms with Crippen LogP contribution in [0.1, 0.15) is 55.1 Å². The van der Waals surface area contributed by atoms with Gasteiger partial charge in [-0.1, -0.05) is 13.3 Å². The maximum absolute atomic E-state index is 14.3. The number of ether oxygens (including phenoxy) is 1. The number of hydrogen-bond donors (Lipinski definition) is 1. The van der Waals surface area contributed by atoms with Gasteiger partial charge in [-0.25, -0.2) is 13.8 Å². The molecule has 0 bridgehead atoms. The number of hydrogen-bond acceptors (Lipinski definition) is 7. The van der Waals surface area contributed by atoms with E-state index in [2.05, 4.69) is 47.8 Å². The third-order valence-corrected chi connectivity index (χ3v) is 8.73. The number of piperazine rings is 1. The third kappa shape index (κ3) is 4.51. The molecule has 0 aliphatic carbocycles. The van der Waals surface area contributed by atoms with Gasteiger partial charge in [-0.2, -0.15) is 5.10 Å². The highest BCUT2D eigenvalue weighted by Gasteiger charge is 2.44. The molecule has 3 fully saturated rings. The second kappa shape index (κ2) is 10.1. The molecule has 0 saturated carbocycles. The molecule has 1 N–H and O–H groups in total. The number of fused-ring (bicyclic) bond motifs is 2. The predicted octanol–water partition coefficient (Wildman–Crippen LogP) is 3.10. The minimum Gasteiger partial charge on any atom is -0.368 e. The van der Waals surface area contributed by atoms with Crippen LogP contribution in [0.4, 0.5) is 20.3 Å². The molecule has 0 aromatic carbocycles. The summed E-state index contributed by atoms with van der Waals surface area (Å²) in [7, 11) is 0. The summed E-state index contributed by atoms with van der Waals surface area (Å²) in [4.78, 5) is 11.6. The van der Waals surface area contributed by atoms with Crippen molar-refractivity contribution in [3.8, 4) is 0 Å². The third-order valence-electron chi connectivity index (χ3n) is 8.73. The first-order valence-electron chi connectivity index (χ1n) is 13.9. The van der Waals surface area contributed by atoms with E-state index in [0.717, 1.165) is 95.0 Å². The molecule has 202 valence electrons. The first-order valence-corrected chi connectivity index (χ1v) is 13.9. The maximum atomic E-state index is 14.3. The lowest BCUT2D eigenvalue weighted by molar-refractivity contribution is -0.0956. The van der Waals surface area contributed by atoms with Gasteiger partial charge in [-0.3, -0.25) is 9.58 Å². The predicted molar refractivity (Wildman–Crippen MR) is 140 cm³/mol. The lowest BCUT2D eigenvalue weighted by Crippen LogP contribution is -2.63. The van der Waals surface area contributed by atoms with Crippen LogP contribution >= 0.6 is 0 Å². The number of alkyl halides is 2. The van der Waals surface area contributed by atoms with Crippen LogP contribution in [0, 0.1) is 6.92 Å². The zero-order chi connectivity index (χ0) is 25.6. The molecule has 0 atom stereocenters. The summed E-state index contributed by atoms with van der Waals surface area (Å²) < 4.78 is 37.2. The number of anilines is 2. The number of piperidine rings is 1. The molecule has 0 amide bonds. The molecule has 4 aliphatic rings. The molecule has 4 aliphatic heterocycles. The average Bonchev–Trinajstić information content (AvgIpc) is 3.27. The fourth-order valence-electron chi connectivity index (χ4n) is 6.74. The van der Waals surface area contributed by atoms with E-state index in [-0.39, 0.29) is 11.3 Å². The number of nitrogens with one attached hydrogen (secondary N) is 1. The lowest BCUT2D eigenvalue weighted by atomic mass is 9.85. The quantitative estimate of drug-likeness (QED) is 0.635. The highest BCUT2D eigenvalue weighted by Crippen LogP contribution is 2.43. The smallest absolute Gasteiger partial charge is 0.280 e. The normalized spacial score (nSPS) is 22.5. The van der Waals surface area contributed by atoms with E-state index in [9.17, 15) is 8.78 Å². The highest BCUT2D eigenvalue weighted by molar-refractivity contribution is 5.64. The Kier molecular flexibility index (Phi) is 6.83. The summed E-state index contributed by atoms with van der Waals surface area (Å²) in [5.74, 6) is 0.673. The zero-order valence-electron chi connectivity index (χ0n) is 22.1. The number of nitrogens with zero attached hydrogens (tertiary/aromatic N) is 6. The number of aryl methyl sites for hydroxylation is 1. The van der Waals surface area contributed by atoms with E-state index >= 15 is 0 Å². The van der Waals surface area contributed by atoms with Crippen molar-refractivity contribution in [2.24, 2.45) is 0 Å². The molecule has 1 spiro atoms. The van der Waals surface area contributed by atoms with Gasteiger partial charge in [-0.05, 0) is 31.7 Å². The van der Waals surface area contributed by atoms with Crippen molar-refractivity contribution in [2.45, 2.75) is 64.1 Å². The SMILES string of the molecule is CCCc1c(N2CC(N3CCNCC3)C2)cc(N2CCC3(CC2)OCCn2ncc(C)c23)nc1C(F)F. The second-order valence-corrected chi connectivity index (χ2v) is 11.0. The Balaban J connectivity index is 1.25. The van der Waals surface area contributed by atoms with Crippen LogP contribution in [-0.4, -0.2) is 84.7 Å². The molecule has 2 aromatic heterocycles. The van der Waals surface area contributed by atoms with Crippen LogP contribution in [-0.2, 0) is 23.3 Å². The Hall–Kier alpha value is -2.30. The van der Waals surface area contributed by atoms with Crippen LogP contribution in [0.3, 0.4) is 0 Å². The number of halogens is 2. The molecule has 37 heavy (non-hydrogen) atoms. The second-order valence-electron chi connectivity index (χ2n) is 11.0. The molecule has 2 aromatic rings. The fourth-order valence-corrected chi connectivity index (χ4v) is 6.74. The van der Waals surface area contributed by atoms with Crippen molar-refractivity contribution in [1.82, 2.24) is 25.0 Å². The van der Waals surface area contributed by atoms with Crippen molar-refractivity contribution >= 4 is 11.5 Å². The summed E-state index contributed by atoms with van der Waals surface area (Å²) in [6.07, 6.45) is 2.38. The van der Waals surface area contributed by atoms with Crippen molar-refractivity contribution in [2.75, 3.05) is 68.8 Å². The van der Waals surface area contributed by atoms with E-state index in [1.807, 2.05) is 13.1 Å². The molecule has 6 rings (SSSR count). The Morgan fingerprint density at radius 3 is 2.57 bits per heavy atom. The summed E-state index contributed by atoms with van der Waals surface area (Å²) in [6.45, 7) is 13.0. The average molecular weight is 516 g/mol. The molecule has 0 unspecified atom stereocenters. The molecular formula is C27H39F2N7O. The molecule has 10 heteroatoms. The van der Waals surface area contributed by atoms with E-state index in [1.54, 1.807) is 0 Å². The number of rotatable bonds is 6. The topological polar surface area (TPSA) is 61.7 Å². The van der Waals surface area contributed by atoms with Crippen LogP contribution in [0.15, 0.2) is 12.3 Å². The van der Waals surface area contributed by atoms with E-state index in [1.165, 1.54) is 5.69 Å². The number of pyridine rings is 1. The minimum absolute atomic E-state index is 0.0388. The minimum atomic E-state index is -2.58. The lowest BCUT2D eigenvalue weighted by Gasteiger charge is -2.49.